The van der Waals surface area contributed by atoms with E-state index in [9.17, 15) is 0 Å². The van der Waals surface area contributed by atoms with Gasteiger partial charge >= 0.3 is 0 Å². The summed E-state index contributed by atoms with van der Waals surface area (Å²) in [5, 5.41) is 0.488. The smallest absolute Gasteiger partial charge is 0.155 e. The van der Waals surface area contributed by atoms with Crippen LogP contribution >= 0.6 is 11.6 Å². The van der Waals surface area contributed by atoms with Gasteiger partial charge in [-0.05, 0) is 69.1 Å². The number of imidazole rings is 1. The van der Waals surface area contributed by atoms with E-state index < -0.39 is 0 Å². The highest BCUT2D eigenvalue weighted by molar-refractivity contribution is 6.33. The van der Waals surface area contributed by atoms with Crippen LogP contribution in [0.3, 0.4) is 0 Å². The molecule has 1 aliphatic heterocycles. The fourth-order valence-electron chi connectivity index (χ4n) is 5.71. The van der Waals surface area contributed by atoms with Gasteiger partial charge in [0.15, 0.2) is 5.15 Å². The minimum Gasteiger partial charge on any atom is -0.457 e. The minimum absolute atomic E-state index is 0.425. The normalized spacial score (nSPS) is 21.6. The van der Waals surface area contributed by atoms with Crippen molar-refractivity contribution in [2.75, 3.05) is 33.2 Å². The van der Waals surface area contributed by atoms with E-state index in [4.69, 9.17) is 21.3 Å². The molecule has 6 nitrogen and oxygen atoms in total. The highest BCUT2D eigenvalue weighted by Gasteiger charge is 2.31. The van der Waals surface area contributed by atoms with Crippen LogP contribution in [0.1, 0.15) is 37.4 Å². The van der Waals surface area contributed by atoms with Gasteiger partial charge in [-0.2, -0.15) is 0 Å². The largest absolute Gasteiger partial charge is 0.457 e. The zero-order valence-corrected chi connectivity index (χ0v) is 21.4. The molecule has 1 saturated carbocycles. The summed E-state index contributed by atoms with van der Waals surface area (Å²) in [4.78, 5) is 14.7. The third kappa shape index (κ3) is 4.73. The van der Waals surface area contributed by atoms with E-state index in [1.165, 1.54) is 39.0 Å². The summed E-state index contributed by atoms with van der Waals surface area (Å²) in [6.45, 7) is 4.73. The van der Waals surface area contributed by atoms with Crippen molar-refractivity contribution < 1.29 is 4.74 Å². The average Bonchev–Trinajstić information content (AvgIpc) is 3.31. The van der Waals surface area contributed by atoms with Crippen molar-refractivity contribution in [1.29, 1.82) is 0 Å². The lowest BCUT2D eigenvalue weighted by atomic mass is 9.84. The number of fused-ring (bicyclic) bond motifs is 1. The van der Waals surface area contributed by atoms with Crippen LogP contribution in [-0.4, -0.2) is 63.4 Å². The van der Waals surface area contributed by atoms with Crippen LogP contribution in [-0.2, 0) is 0 Å². The molecule has 2 aromatic carbocycles. The molecule has 0 unspecified atom stereocenters. The Kier molecular flexibility index (Phi) is 6.65. The molecule has 2 aliphatic rings. The number of likely N-dealkylation sites (N-methyl/N-ethyl adjacent to an activating group) is 1. The highest BCUT2D eigenvalue weighted by Crippen LogP contribution is 2.38. The van der Waals surface area contributed by atoms with E-state index in [1.807, 2.05) is 48.7 Å². The standard InChI is InChI=1S/C29H32ClN5O/c1-33-17-19-34(20-18-33)23-11-7-22(8-12-23)29-32-26(27-28(30)31-15-16-35(27)29)21-9-13-25(14-10-21)36-24-5-3-2-4-6-24/h2-6,9-10,13-16,22-23H,7-8,11-12,17-20H2,1H3. The molecule has 186 valence electrons. The summed E-state index contributed by atoms with van der Waals surface area (Å²) < 4.78 is 8.14. The van der Waals surface area contributed by atoms with Gasteiger partial charge in [0, 0.05) is 56.1 Å². The lowest BCUT2D eigenvalue weighted by Crippen LogP contribution is -2.49. The Bertz CT molecular complexity index is 1310. The minimum atomic E-state index is 0.425. The molecule has 0 atom stereocenters. The van der Waals surface area contributed by atoms with Crippen molar-refractivity contribution in [2.45, 2.75) is 37.6 Å². The average molecular weight is 502 g/mol. The first kappa shape index (κ1) is 23.5. The predicted octanol–water partition coefficient (Wildman–Crippen LogP) is 6.12. The van der Waals surface area contributed by atoms with Gasteiger partial charge in [0.1, 0.15) is 22.8 Å². The van der Waals surface area contributed by atoms with E-state index in [0.29, 0.717) is 17.1 Å². The number of aromatic nitrogens is 3. The van der Waals surface area contributed by atoms with Crippen LogP contribution in [0.2, 0.25) is 5.15 Å². The number of hydrogen-bond donors (Lipinski definition) is 0. The second-order valence-electron chi connectivity index (χ2n) is 10.0. The summed E-state index contributed by atoms with van der Waals surface area (Å²) in [5.74, 6) is 3.14. The molecule has 1 saturated heterocycles. The molecule has 3 heterocycles. The first-order valence-electron chi connectivity index (χ1n) is 12.9. The van der Waals surface area contributed by atoms with Crippen molar-refractivity contribution in [3.63, 3.8) is 0 Å². The van der Waals surface area contributed by atoms with E-state index in [0.717, 1.165) is 46.9 Å². The van der Waals surface area contributed by atoms with Gasteiger partial charge in [-0.25, -0.2) is 9.97 Å². The van der Waals surface area contributed by atoms with Crippen molar-refractivity contribution in [2.24, 2.45) is 0 Å². The van der Waals surface area contributed by atoms with Gasteiger partial charge in [-0.1, -0.05) is 29.8 Å². The molecule has 2 fully saturated rings. The van der Waals surface area contributed by atoms with E-state index in [2.05, 4.69) is 38.4 Å². The van der Waals surface area contributed by atoms with Crippen LogP contribution < -0.4 is 4.74 Å². The van der Waals surface area contributed by atoms with Crippen LogP contribution in [0.15, 0.2) is 67.0 Å². The third-order valence-corrected chi connectivity index (χ3v) is 8.04. The highest BCUT2D eigenvalue weighted by atomic mass is 35.5. The summed E-state index contributed by atoms with van der Waals surface area (Å²) in [6, 6.07) is 18.6. The second-order valence-corrected chi connectivity index (χ2v) is 10.4. The molecule has 2 aromatic heterocycles. The Morgan fingerprint density at radius 1 is 0.861 bits per heavy atom. The summed E-state index contributed by atoms with van der Waals surface area (Å²) in [6.07, 6.45) is 8.54. The van der Waals surface area contributed by atoms with E-state index >= 15 is 0 Å². The Morgan fingerprint density at radius 2 is 1.56 bits per heavy atom. The van der Waals surface area contributed by atoms with E-state index in [1.54, 1.807) is 6.20 Å². The molecule has 6 rings (SSSR count). The molecule has 0 N–H and O–H groups in total. The number of para-hydroxylation sites is 1. The van der Waals surface area contributed by atoms with Crippen LogP contribution in [0.4, 0.5) is 0 Å². The maximum absolute atomic E-state index is 6.63. The van der Waals surface area contributed by atoms with Gasteiger partial charge in [0.25, 0.3) is 0 Å². The van der Waals surface area contributed by atoms with Crippen LogP contribution in [0.25, 0.3) is 16.8 Å². The number of ether oxygens (including phenoxy) is 1. The fraction of sp³-hybridized carbons (Fsp3) is 0.379. The fourth-order valence-corrected chi connectivity index (χ4v) is 5.94. The van der Waals surface area contributed by atoms with Crippen molar-refractivity contribution >= 4 is 17.1 Å². The topological polar surface area (TPSA) is 45.9 Å². The van der Waals surface area contributed by atoms with Gasteiger partial charge in [0.05, 0.1) is 5.69 Å². The monoisotopic (exact) mass is 501 g/mol. The van der Waals surface area contributed by atoms with Crippen molar-refractivity contribution in [3.05, 3.63) is 78.0 Å². The Labute approximate surface area is 217 Å². The lowest BCUT2D eigenvalue weighted by Gasteiger charge is -2.41. The third-order valence-electron chi connectivity index (χ3n) is 7.76. The molecule has 7 heteroatoms. The maximum Gasteiger partial charge on any atom is 0.155 e. The SMILES string of the molecule is CN1CCN(C2CCC(c3nc(-c4ccc(Oc5ccccc5)cc4)c4c(Cl)nccn34)CC2)CC1. The number of piperazine rings is 1. The first-order chi connectivity index (χ1) is 17.7. The number of nitrogens with zero attached hydrogens (tertiary/aromatic N) is 5. The number of rotatable bonds is 5. The second kappa shape index (κ2) is 10.2. The number of hydrogen-bond acceptors (Lipinski definition) is 5. The first-order valence-corrected chi connectivity index (χ1v) is 13.3. The summed E-state index contributed by atoms with van der Waals surface area (Å²) in [5.41, 5.74) is 2.78. The molecular weight excluding hydrogens is 470 g/mol. The molecule has 0 spiro atoms. The zero-order chi connectivity index (χ0) is 24.5. The van der Waals surface area contributed by atoms with Crippen molar-refractivity contribution in [3.8, 4) is 22.8 Å². The molecule has 0 radical (unpaired) electrons. The number of halogens is 1. The lowest BCUT2D eigenvalue weighted by molar-refractivity contribution is 0.0872. The Morgan fingerprint density at radius 3 is 2.28 bits per heavy atom. The molecular formula is C29H32ClN5O. The molecule has 0 bridgehead atoms. The van der Waals surface area contributed by atoms with Crippen LogP contribution in [0.5, 0.6) is 11.5 Å². The zero-order valence-electron chi connectivity index (χ0n) is 20.7. The number of benzene rings is 2. The van der Waals surface area contributed by atoms with Gasteiger partial charge in [-0.3, -0.25) is 9.30 Å². The van der Waals surface area contributed by atoms with Gasteiger partial charge < -0.3 is 9.64 Å². The Hall–Kier alpha value is -2.93. The molecule has 0 amide bonds. The Balaban J connectivity index is 1.24. The van der Waals surface area contributed by atoms with Crippen LogP contribution in [0, 0.1) is 0 Å². The predicted molar refractivity (Wildman–Crippen MR) is 144 cm³/mol. The maximum atomic E-state index is 6.63. The summed E-state index contributed by atoms with van der Waals surface area (Å²) in [7, 11) is 2.22. The molecule has 1 aliphatic carbocycles. The van der Waals surface area contributed by atoms with Gasteiger partial charge in [-0.15, -0.1) is 0 Å². The van der Waals surface area contributed by atoms with Gasteiger partial charge in [0.2, 0.25) is 0 Å². The summed E-state index contributed by atoms with van der Waals surface area (Å²) >= 11 is 6.63. The van der Waals surface area contributed by atoms with E-state index in [-0.39, 0.29) is 0 Å². The van der Waals surface area contributed by atoms with Crippen molar-refractivity contribution in [1.82, 2.24) is 24.2 Å². The molecule has 36 heavy (non-hydrogen) atoms. The molecule has 4 aromatic rings. The quantitative estimate of drug-likeness (QED) is 0.330.